The van der Waals surface area contributed by atoms with Crippen molar-refractivity contribution in [1.29, 1.82) is 0 Å². The van der Waals surface area contributed by atoms with Crippen molar-refractivity contribution in [3.63, 3.8) is 0 Å². The monoisotopic (exact) mass is 436 g/mol. The van der Waals surface area contributed by atoms with E-state index in [1.165, 1.54) is 27.5 Å². The van der Waals surface area contributed by atoms with Crippen LogP contribution >= 0.6 is 11.3 Å². The molecule has 0 saturated carbocycles. The highest BCUT2D eigenvalue weighted by Gasteiger charge is 2.27. The Kier molecular flexibility index (Phi) is 6.63. The minimum Gasteiger partial charge on any atom is -0.348 e. The van der Waals surface area contributed by atoms with Gasteiger partial charge in [-0.25, -0.2) is 4.98 Å². The van der Waals surface area contributed by atoms with Gasteiger partial charge >= 0.3 is 0 Å². The normalized spacial score (nSPS) is 19.3. The average molecular weight is 437 g/mol. The Morgan fingerprint density at radius 3 is 2.81 bits per heavy atom. The van der Waals surface area contributed by atoms with Gasteiger partial charge < -0.3 is 10.2 Å². The van der Waals surface area contributed by atoms with Crippen LogP contribution in [0.5, 0.6) is 0 Å². The van der Waals surface area contributed by atoms with E-state index in [0.717, 1.165) is 37.4 Å². The summed E-state index contributed by atoms with van der Waals surface area (Å²) in [5, 5.41) is 3.75. The lowest BCUT2D eigenvalue weighted by atomic mass is 9.93. The van der Waals surface area contributed by atoms with Gasteiger partial charge in [0.1, 0.15) is 0 Å². The number of rotatable bonds is 6. The topological polar surface area (TPSA) is 67.2 Å². The molecule has 31 heavy (non-hydrogen) atoms. The Morgan fingerprint density at radius 2 is 2.03 bits per heavy atom. The number of thiazole rings is 1. The van der Waals surface area contributed by atoms with Crippen LogP contribution in [0.15, 0.2) is 59.7 Å². The van der Waals surface area contributed by atoms with Gasteiger partial charge in [0.05, 0.1) is 5.56 Å². The Hall–Kier alpha value is -2.77. The fourth-order valence-corrected chi connectivity index (χ4v) is 4.85. The van der Waals surface area contributed by atoms with Gasteiger partial charge in [-0.3, -0.25) is 14.2 Å². The number of pyridine rings is 1. The number of amides is 1. The molecule has 7 heteroatoms. The number of piperidine rings is 1. The average Bonchev–Trinajstić information content (AvgIpc) is 3.24. The summed E-state index contributed by atoms with van der Waals surface area (Å²) in [5.74, 6) is 0.279. The first-order chi connectivity index (χ1) is 15.0. The number of carbonyl (C=O) groups excluding carboxylic acids is 1. The van der Waals surface area contributed by atoms with E-state index in [0.29, 0.717) is 16.6 Å². The van der Waals surface area contributed by atoms with E-state index in [-0.39, 0.29) is 17.5 Å². The van der Waals surface area contributed by atoms with Crippen LogP contribution in [0.25, 0.3) is 5.13 Å². The van der Waals surface area contributed by atoms with Gasteiger partial charge in [-0.15, -0.1) is 11.3 Å². The first-order valence-electron chi connectivity index (χ1n) is 10.8. The molecular weight excluding hydrogens is 408 g/mol. The van der Waals surface area contributed by atoms with Gasteiger partial charge in [-0.1, -0.05) is 44.2 Å². The maximum Gasteiger partial charge on any atom is 0.256 e. The van der Waals surface area contributed by atoms with Crippen LogP contribution in [-0.2, 0) is 6.42 Å². The molecule has 2 aromatic heterocycles. The van der Waals surface area contributed by atoms with Crippen molar-refractivity contribution in [2.45, 2.75) is 32.7 Å². The Morgan fingerprint density at radius 1 is 1.23 bits per heavy atom. The third-order valence-corrected chi connectivity index (χ3v) is 6.94. The lowest BCUT2D eigenvalue weighted by Gasteiger charge is -2.36. The Balaban J connectivity index is 1.51. The predicted octanol–water partition coefficient (Wildman–Crippen LogP) is 3.34. The van der Waals surface area contributed by atoms with E-state index in [4.69, 9.17) is 0 Å². The van der Waals surface area contributed by atoms with E-state index in [9.17, 15) is 9.59 Å². The fraction of sp³-hybridized carbons (Fsp3) is 0.375. The van der Waals surface area contributed by atoms with Crippen molar-refractivity contribution < 1.29 is 4.79 Å². The number of nitrogens with zero attached hydrogens (tertiary/aromatic N) is 3. The van der Waals surface area contributed by atoms with Crippen molar-refractivity contribution in [2.75, 3.05) is 19.6 Å². The molecule has 0 bridgehead atoms. The van der Waals surface area contributed by atoms with Crippen molar-refractivity contribution in [1.82, 2.24) is 19.8 Å². The summed E-state index contributed by atoms with van der Waals surface area (Å²) in [6.07, 6.45) is 5.24. The highest BCUT2D eigenvalue weighted by molar-refractivity contribution is 7.14. The molecule has 1 N–H and O–H groups in total. The van der Waals surface area contributed by atoms with E-state index in [1.807, 2.05) is 18.2 Å². The highest BCUT2D eigenvalue weighted by atomic mass is 32.1. The minimum absolute atomic E-state index is 0.110. The zero-order valence-electron chi connectivity index (χ0n) is 18.0. The number of nitrogens with one attached hydrogen (secondary N) is 1. The molecule has 1 amide bonds. The molecule has 2 atom stereocenters. The van der Waals surface area contributed by atoms with Gasteiger partial charge in [-0.05, 0) is 37.1 Å². The molecule has 3 heterocycles. The second-order valence-corrected chi connectivity index (χ2v) is 9.23. The molecule has 4 rings (SSSR count). The summed E-state index contributed by atoms with van der Waals surface area (Å²) in [5.41, 5.74) is 1.47. The number of aromatic nitrogens is 2. The summed E-state index contributed by atoms with van der Waals surface area (Å²) in [4.78, 5) is 33.3. The summed E-state index contributed by atoms with van der Waals surface area (Å²) in [7, 11) is 0. The number of benzene rings is 1. The minimum atomic E-state index is -0.194. The van der Waals surface area contributed by atoms with Gasteiger partial charge in [0.15, 0.2) is 5.13 Å². The molecule has 3 aromatic rings. The smallest absolute Gasteiger partial charge is 0.256 e. The van der Waals surface area contributed by atoms with E-state index in [1.54, 1.807) is 18.5 Å². The quantitative estimate of drug-likeness (QED) is 0.644. The molecular formula is C24H28N4O2S. The standard InChI is InChI=1S/C24H28N4O2S/c1-3-27-12-11-17(2)21(16-27)26-23(30)19-9-10-22(29)28(15-19)24-25-14-20(31-24)13-18-7-5-4-6-8-18/h4-10,14-15,17,21H,3,11-13,16H2,1-2H3,(H,26,30). The van der Waals surface area contributed by atoms with Gasteiger partial charge in [0.2, 0.25) is 0 Å². The number of hydrogen-bond acceptors (Lipinski definition) is 5. The summed E-state index contributed by atoms with van der Waals surface area (Å²) in [6, 6.07) is 13.3. The van der Waals surface area contributed by atoms with E-state index in [2.05, 4.69) is 41.2 Å². The molecule has 1 aliphatic heterocycles. The zero-order valence-corrected chi connectivity index (χ0v) is 18.8. The molecule has 2 unspecified atom stereocenters. The molecule has 0 radical (unpaired) electrons. The van der Waals surface area contributed by atoms with E-state index < -0.39 is 0 Å². The van der Waals surface area contributed by atoms with Crippen LogP contribution in [0.2, 0.25) is 0 Å². The van der Waals surface area contributed by atoms with Crippen LogP contribution in [0.1, 0.15) is 41.1 Å². The van der Waals surface area contributed by atoms with Gasteiger partial charge in [-0.2, -0.15) is 0 Å². The van der Waals surface area contributed by atoms with Crippen molar-refractivity contribution >= 4 is 17.2 Å². The van der Waals surface area contributed by atoms with Crippen LogP contribution < -0.4 is 10.9 Å². The molecule has 0 aliphatic carbocycles. The lowest BCUT2D eigenvalue weighted by Crippen LogP contribution is -2.51. The maximum absolute atomic E-state index is 12.9. The molecule has 162 valence electrons. The van der Waals surface area contributed by atoms with Gasteiger partial charge in [0.25, 0.3) is 11.5 Å². The number of likely N-dealkylation sites (N-methyl/N-ethyl adjacent to an activating group) is 1. The lowest BCUT2D eigenvalue weighted by molar-refractivity contribution is 0.0865. The van der Waals surface area contributed by atoms with Crippen LogP contribution in [0.3, 0.4) is 0 Å². The molecule has 6 nitrogen and oxygen atoms in total. The molecule has 1 aromatic carbocycles. The van der Waals surface area contributed by atoms with Crippen LogP contribution in [0.4, 0.5) is 0 Å². The number of hydrogen-bond donors (Lipinski definition) is 1. The number of likely N-dealkylation sites (tertiary alicyclic amines) is 1. The summed E-state index contributed by atoms with van der Waals surface area (Å²) in [6.45, 7) is 7.25. The first-order valence-corrected chi connectivity index (χ1v) is 11.6. The largest absolute Gasteiger partial charge is 0.348 e. The van der Waals surface area contributed by atoms with Crippen molar-refractivity contribution in [3.05, 3.63) is 81.2 Å². The van der Waals surface area contributed by atoms with Crippen molar-refractivity contribution in [3.8, 4) is 5.13 Å². The third kappa shape index (κ3) is 5.11. The van der Waals surface area contributed by atoms with Crippen LogP contribution in [0, 0.1) is 5.92 Å². The van der Waals surface area contributed by atoms with Gasteiger partial charge in [0, 0.05) is 42.3 Å². The summed E-state index contributed by atoms with van der Waals surface area (Å²) >= 11 is 1.47. The Bertz CT molecular complexity index is 1090. The zero-order chi connectivity index (χ0) is 21.8. The molecule has 1 aliphatic rings. The second-order valence-electron chi connectivity index (χ2n) is 8.14. The predicted molar refractivity (Wildman–Crippen MR) is 124 cm³/mol. The van der Waals surface area contributed by atoms with Crippen molar-refractivity contribution in [2.24, 2.45) is 5.92 Å². The SMILES string of the molecule is CCN1CCC(C)C(NC(=O)c2ccc(=O)n(-c3ncc(Cc4ccccc4)s3)c2)C1. The fourth-order valence-electron chi connectivity index (χ4n) is 3.92. The van der Waals surface area contributed by atoms with E-state index >= 15 is 0 Å². The summed E-state index contributed by atoms with van der Waals surface area (Å²) < 4.78 is 1.47. The Labute approximate surface area is 186 Å². The molecule has 1 fully saturated rings. The molecule has 0 spiro atoms. The first kappa shape index (κ1) is 21.5. The molecule has 1 saturated heterocycles. The highest BCUT2D eigenvalue weighted by Crippen LogP contribution is 2.20. The third-order valence-electron chi connectivity index (χ3n) is 5.95. The second kappa shape index (κ2) is 9.58. The maximum atomic E-state index is 12.9. The van der Waals surface area contributed by atoms with Crippen LogP contribution in [-0.4, -0.2) is 46.0 Å². The number of carbonyl (C=O) groups is 1.